The van der Waals surface area contributed by atoms with Crippen molar-refractivity contribution in [1.82, 2.24) is 9.47 Å². The first-order valence-electron chi connectivity index (χ1n) is 6.91. The molecule has 0 aliphatic carbocycles. The van der Waals surface area contributed by atoms with E-state index in [1.807, 2.05) is 0 Å². The molecule has 1 aromatic rings. The number of halogens is 3. The number of ether oxygens (including phenoxy) is 1. The summed E-state index contributed by atoms with van der Waals surface area (Å²) in [5.41, 5.74) is -2.49. The van der Waals surface area contributed by atoms with Crippen molar-refractivity contribution in [1.29, 1.82) is 0 Å². The number of rotatable bonds is 4. The maximum absolute atomic E-state index is 12.7. The number of pyridine rings is 1. The van der Waals surface area contributed by atoms with Gasteiger partial charge in [0.2, 0.25) is 5.91 Å². The van der Waals surface area contributed by atoms with Crippen LogP contribution in [0.2, 0.25) is 0 Å². The van der Waals surface area contributed by atoms with Crippen molar-refractivity contribution >= 4 is 5.91 Å². The normalized spacial score (nSPS) is 18.5. The lowest BCUT2D eigenvalue weighted by atomic mass is 10.2. The van der Waals surface area contributed by atoms with Gasteiger partial charge in [-0.2, -0.15) is 13.2 Å². The highest BCUT2D eigenvalue weighted by atomic mass is 19.4. The zero-order chi connectivity index (χ0) is 16.3. The Morgan fingerprint density at radius 1 is 1.50 bits per heavy atom. The van der Waals surface area contributed by atoms with Gasteiger partial charge >= 0.3 is 6.18 Å². The largest absolute Gasteiger partial charge is 0.421 e. The average Bonchev–Trinajstić information content (AvgIpc) is 2.92. The molecule has 0 bridgehead atoms. The lowest BCUT2D eigenvalue weighted by Crippen LogP contribution is -2.39. The highest BCUT2D eigenvalue weighted by molar-refractivity contribution is 5.75. The minimum Gasteiger partial charge on any atom is -0.376 e. The molecule has 1 unspecified atom stereocenters. The number of carbonyl (C=O) groups is 1. The van der Waals surface area contributed by atoms with Crippen LogP contribution in [0.4, 0.5) is 13.2 Å². The zero-order valence-electron chi connectivity index (χ0n) is 12.1. The Bertz CT molecular complexity index is 592. The standard InChI is InChI=1S/C14H17F3N2O3/c1-18(8-10-4-3-7-22-10)12(20)9-19-6-2-5-11(13(19)21)14(15,16)17/h2,5-6,10H,3-4,7-9H2,1H3. The topological polar surface area (TPSA) is 51.5 Å². The van der Waals surface area contributed by atoms with E-state index in [-0.39, 0.29) is 6.10 Å². The van der Waals surface area contributed by atoms with Gasteiger partial charge in [0.1, 0.15) is 12.1 Å². The van der Waals surface area contributed by atoms with Crippen molar-refractivity contribution in [2.45, 2.75) is 31.7 Å². The molecule has 1 saturated heterocycles. The smallest absolute Gasteiger partial charge is 0.376 e. The summed E-state index contributed by atoms with van der Waals surface area (Å²) in [6, 6.07) is 1.82. The molecule has 0 aromatic carbocycles. The fourth-order valence-corrected chi connectivity index (χ4v) is 2.34. The predicted molar refractivity (Wildman–Crippen MR) is 72.3 cm³/mol. The van der Waals surface area contributed by atoms with Crippen LogP contribution in [0.3, 0.4) is 0 Å². The Labute approximate surface area is 125 Å². The third-order valence-corrected chi connectivity index (χ3v) is 3.56. The van der Waals surface area contributed by atoms with Crippen molar-refractivity contribution in [2.75, 3.05) is 20.2 Å². The Balaban J connectivity index is 2.06. The minimum absolute atomic E-state index is 0.0489. The zero-order valence-corrected chi connectivity index (χ0v) is 12.1. The molecule has 5 nitrogen and oxygen atoms in total. The molecule has 8 heteroatoms. The molecule has 0 saturated carbocycles. The summed E-state index contributed by atoms with van der Waals surface area (Å²) in [5, 5.41) is 0. The second-order valence-electron chi connectivity index (χ2n) is 5.26. The van der Waals surface area contributed by atoms with Gasteiger partial charge in [-0.25, -0.2) is 0 Å². The Morgan fingerprint density at radius 3 is 2.82 bits per heavy atom. The van der Waals surface area contributed by atoms with Crippen molar-refractivity contribution in [3.8, 4) is 0 Å². The van der Waals surface area contributed by atoms with E-state index in [0.717, 1.165) is 23.5 Å². The predicted octanol–water partition coefficient (Wildman–Crippen LogP) is 1.50. The lowest BCUT2D eigenvalue weighted by Gasteiger charge is -2.21. The fraction of sp³-hybridized carbons (Fsp3) is 0.571. The Morgan fingerprint density at radius 2 is 2.23 bits per heavy atom. The second kappa shape index (κ2) is 6.51. The molecule has 0 N–H and O–H groups in total. The van der Waals surface area contributed by atoms with Gasteiger partial charge in [-0.05, 0) is 25.0 Å². The van der Waals surface area contributed by atoms with E-state index < -0.39 is 29.8 Å². The minimum atomic E-state index is -4.73. The maximum atomic E-state index is 12.7. The van der Waals surface area contributed by atoms with E-state index in [9.17, 15) is 22.8 Å². The first-order valence-corrected chi connectivity index (χ1v) is 6.91. The number of likely N-dealkylation sites (N-methyl/N-ethyl adjacent to an activating group) is 1. The number of nitrogens with zero attached hydrogens (tertiary/aromatic N) is 2. The van der Waals surface area contributed by atoms with E-state index >= 15 is 0 Å². The van der Waals surface area contributed by atoms with Gasteiger partial charge in [0.15, 0.2) is 0 Å². The van der Waals surface area contributed by atoms with Gasteiger partial charge in [0, 0.05) is 26.4 Å². The van der Waals surface area contributed by atoms with Crippen LogP contribution in [0.5, 0.6) is 0 Å². The summed E-state index contributed by atoms with van der Waals surface area (Å²) in [6.07, 6.45) is -1.82. The van der Waals surface area contributed by atoms with Crippen LogP contribution < -0.4 is 5.56 Å². The molecule has 122 valence electrons. The van der Waals surface area contributed by atoms with E-state index in [2.05, 4.69) is 0 Å². The molecule has 1 aliphatic heterocycles. The Kier molecular flexibility index (Phi) is 4.90. The van der Waals surface area contributed by atoms with Gasteiger partial charge in [0.25, 0.3) is 5.56 Å². The maximum Gasteiger partial charge on any atom is 0.421 e. The second-order valence-corrected chi connectivity index (χ2v) is 5.26. The van der Waals surface area contributed by atoms with Crippen molar-refractivity contribution < 1.29 is 22.7 Å². The van der Waals surface area contributed by atoms with Crippen molar-refractivity contribution in [3.05, 3.63) is 34.2 Å². The van der Waals surface area contributed by atoms with Gasteiger partial charge < -0.3 is 14.2 Å². The van der Waals surface area contributed by atoms with Crippen molar-refractivity contribution in [3.63, 3.8) is 0 Å². The molecule has 1 aromatic heterocycles. The molecular formula is C14H17F3N2O3. The molecule has 1 aliphatic rings. The SMILES string of the molecule is CN(CC1CCCO1)C(=O)Cn1cccc(C(F)(F)F)c1=O. The number of carbonyl (C=O) groups excluding carboxylic acids is 1. The van der Waals surface area contributed by atoms with E-state index in [0.29, 0.717) is 19.2 Å². The van der Waals surface area contributed by atoms with E-state index in [1.165, 1.54) is 11.1 Å². The molecular weight excluding hydrogens is 301 g/mol. The van der Waals surface area contributed by atoms with Crippen LogP contribution in [-0.4, -0.2) is 41.7 Å². The van der Waals surface area contributed by atoms with Gasteiger partial charge in [-0.3, -0.25) is 9.59 Å². The monoisotopic (exact) mass is 318 g/mol. The summed E-state index contributed by atoms with van der Waals surface area (Å²) in [6.45, 7) is 0.596. The first-order chi connectivity index (χ1) is 10.3. The summed E-state index contributed by atoms with van der Waals surface area (Å²) in [5.74, 6) is -0.433. The average molecular weight is 318 g/mol. The van der Waals surface area contributed by atoms with Crippen LogP contribution in [-0.2, 0) is 22.3 Å². The van der Waals surface area contributed by atoms with Gasteiger partial charge in [-0.1, -0.05) is 0 Å². The quantitative estimate of drug-likeness (QED) is 0.845. The molecule has 1 fully saturated rings. The summed E-state index contributed by atoms with van der Waals surface area (Å²) >= 11 is 0. The molecule has 22 heavy (non-hydrogen) atoms. The van der Waals surface area contributed by atoms with Crippen LogP contribution in [0.15, 0.2) is 23.1 Å². The third kappa shape index (κ3) is 3.88. The van der Waals surface area contributed by atoms with E-state index in [1.54, 1.807) is 7.05 Å². The van der Waals surface area contributed by atoms with Crippen LogP contribution in [0.25, 0.3) is 0 Å². The fourth-order valence-electron chi connectivity index (χ4n) is 2.34. The first kappa shape index (κ1) is 16.5. The molecule has 1 amide bonds. The molecule has 0 radical (unpaired) electrons. The third-order valence-electron chi connectivity index (χ3n) is 3.56. The number of hydrogen-bond acceptors (Lipinski definition) is 3. The molecule has 0 spiro atoms. The molecule has 1 atom stereocenters. The highest BCUT2D eigenvalue weighted by Crippen LogP contribution is 2.25. The van der Waals surface area contributed by atoms with Crippen LogP contribution >= 0.6 is 0 Å². The van der Waals surface area contributed by atoms with Gasteiger partial charge in [-0.15, -0.1) is 0 Å². The summed E-state index contributed by atoms with van der Waals surface area (Å²) < 4.78 is 44.2. The number of alkyl halides is 3. The molecule has 2 rings (SSSR count). The highest BCUT2D eigenvalue weighted by Gasteiger charge is 2.34. The number of hydrogen-bond donors (Lipinski definition) is 0. The number of amides is 1. The number of aromatic nitrogens is 1. The summed E-state index contributed by atoms with van der Waals surface area (Å²) in [4.78, 5) is 25.2. The summed E-state index contributed by atoms with van der Waals surface area (Å²) in [7, 11) is 1.54. The Hall–Kier alpha value is -1.83. The van der Waals surface area contributed by atoms with Crippen molar-refractivity contribution in [2.24, 2.45) is 0 Å². The van der Waals surface area contributed by atoms with Crippen LogP contribution in [0, 0.1) is 0 Å². The molecule has 2 heterocycles. The van der Waals surface area contributed by atoms with E-state index in [4.69, 9.17) is 4.74 Å². The lowest BCUT2D eigenvalue weighted by molar-refractivity contribution is -0.139. The van der Waals surface area contributed by atoms with Gasteiger partial charge in [0.05, 0.1) is 6.10 Å². The van der Waals surface area contributed by atoms with Crippen LogP contribution in [0.1, 0.15) is 18.4 Å².